The van der Waals surface area contributed by atoms with Crippen LogP contribution in [0.5, 0.6) is 0 Å². The first-order valence-corrected chi connectivity index (χ1v) is 5.97. The van der Waals surface area contributed by atoms with Gasteiger partial charge in [-0.15, -0.1) is 23.1 Å². The van der Waals surface area contributed by atoms with Gasteiger partial charge in [0.15, 0.2) is 0 Å². The van der Waals surface area contributed by atoms with Crippen molar-refractivity contribution in [1.29, 1.82) is 0 Å². The maximum absolute atomic E-state index is 3.47. The second kappa shape index (κ2) is 3.33. The molecule has 1 aromatic rings. The van der Waals surface area contributed by atoms with E-state index in [1.807, 2.05) is 23.1 Å². The fraction of sp³-hybridized carbons (Fsp3) is 0.250. The topological polar surface area (TPSA) is 0 Å². The normalized spacial score (nSPS) is 22.8. The predicted molar refractivity (Wildman–Crippen MR) is 56.1 cm³/mol. The van der Waals surface area contributed by atoms with Crippen LogP contribution in [-0.2, 0) is 0 Å². The van der Waals surface area contributed by atoms with Crippen LogP contribution in [0.15, 0.2) is 27.4 Å². The molecule has 3 heteroatoms. The van der Waals surface area contributed by atoms with E-state index in [-0.39, 0.29) is 0 Å². The molecule has 0 N–H and O–H groups in total. The minimum atomic E-state index is 0.686. The molecule has 11 heavy (non-hydrogen) atoms. The predicted octanol–water partition coefficient (Wildman–Crippen LogP) is 4.20. The van der Waals surface area contributed by atoms with Crippen molar-refractivity contribution >= 4 is 39.0 Å². The highest BCUT2D eigenvalue weighted by Crippen LogP contribution is 2.42. The van der Waals surface area contributed by atoms with Gasteiger partial charge in [0, 0.05) is 10.1 Å². The van der Waals surface area contributed by atoms with E-state index >= 15 is 0 Å². The quantitative estimate of drug-likeness (QED) is 0.716. The van der Waals surface area contributed by atoms with Crippen molar-refractivity contribution in [2.45, 2.75) is 11.7 Å². The summed E-state index contributed by atoms with van der Waals surface area (Å²) in [6, 6.07) is 4.33. The molecule has 0 saturated carbocycles. The lowest BCUT2D eigenvalue weighted by Gasteiger charge is -2.02. The van der Waals surface area contributed by atoms with Crippen LogP contribution < -0.4 is 0 Å². The molecule has 0 fully saturated rings. The maximum Gasteiger partial charge on any atom is 0.0701 e. The molecular weight excluding hydrogens is 240 g/mol. The highest BCUT2D eigenvalue weighted by Gasteiger charge is 2.14. The number of hydrogen-bond donors (Lipinski definition) is 0. The third-order valence-electron chi connectivity index (χ3n) is 1.60. The van der Waals surface area contributed by atoms with Gasteiger partial charge in [-0.25, -0.2) is 0 Å². The van der Waals surface area contributed by atoms with Crippen LogP contribution in [-0.4, -0.2) is 0 Å². The molecule has 2 heterocycles. The molecule has 1 aliphatic heterocycles. The fourth-order valence-electron chi connectivity index (χ4n) is 1.07. The van der Waals surface area contributed by atoms with Crippen molar-refractivity contribution in [3.8, 4) is 0 Å². The Labute approximate surface area is 82.8 Å². The fourth-order valence-corrected chi connectivity index (χ4v) is 3.65. The molecule has 1 unspecified atom stereocenters. The second-order valence-electron chi connectivity index (χ2n) is 2.37. The SMILES string of the molecule is Brc1ccc(C2CC=CS2)s1. The van der Waals surface area contributed by atoms with Crippen LogP contribution in [0.1, 0.15) is 16.5 Å². The monoisotopic (exact) mass is 246 g/mol. The van der Waals surface area contributed by atoms with Crippen LogP contribution >= 0.6 is 39.0 Å². The summed E-state index contributed by atoms with van der Waals surface area (Å²) in [5.41, 5.74) is 0. The molecule has 58 valence electrons. The number of rotatable bonds is 1. The lowest BCUT2D eigenvalue weighted by atomic mass is 10.2. The number of thiophene rings is 1. The molecule has 2 rings (SSSR count). The molecule has 0 aromatic carbocycles. The standard InChI is InChI=1S/C8H7BrS2/c9-8-4-3-7(11-8)6-2-1-5-10-6/h1,3-6H,2H2. The van der Waals surface area contributed by atoms with E-state index in [9.17, 15) is 0 Å². The van der Waals surface area contributed by atoms with Crippen LogP contribution in [0.4, 0.5) is 0 Å². The van der Waals surface area contributed by atoms with Gasteiger partial charge in [0.1, 0.15) is 0 Å². The first-order valence-electron chi connectivity index (χ1n) is 3.42. The molecule has 0 saturated heterocycles. The van der Waals surface area contributed by atoms with Crippen molar-refractivity contribution < 1.29 is 0 Å². The summed E-state index contributed by atoms with van der Waals surface area (Å²) in [5.74, 6) is 0. The Morgan fingerprint density at radius 3 is 2.91 bits per heavy atom. The van der Waals surface area contributed by atoms with Gasteiger partial charge >= 0.3 is 0 Å². The molecule has 1 atom stereocenters. The van der Waals surface area contributed by atoms with Crippen molar-refractivity contribution in [3.63, 3.8) is 0 Å². The summed E-state index contributed by atoms with van der Waals surface area (Å²) in [6.45, 7) is 0. The van der Waals surface area contributed by atoms with E-state index in [1.165, 1.54) is 15.1 Å². The summed E-state index contributed by atoms with van der Waals surface area (Å²) in [4.78, 5) is 1.48. The summed E-state index contributed by atoms with van der Waals surface area (Å²) in [5, 5.41) is 2.88. The van der Waals surface area contributed by atoms with Gasteiger partial charge in [-0.1, -0.05) is 6.08 Å². The lowest BCUT2D eigenvalue weighted by molar-refractivity contribution is 1.02. The summed E-state index contributed by atoms with van der Waals surface area (Å²) in [7, 11) is 0. The zero-order valence-corrected chi connectivity index (χ0v) is 9.01. The minimum absolute atomic E-state index is 0.686. The molecule has 1 aromatic heterocycles. The van der Waals surface area contributed by atoms with Crippen molar-refractivity contribution in [2.75, 3.05) is 0 Å². The van der Waals surface area contributed by atoms with E-state index < -0.39 is 0 Å². The Morgan fingerprint density at radius 2 is 2.36 bits per heavy atom. The van der Waals surface area contributed by atoms with Gasteiger partial charge in [0.2, 0.25) is 0 Å². The van der Waals surface area contributed by atoms with Crippen molar-refractivity contribution in [1.82, 2.24) is 0 Å². The van der Waals surface area contributed by atoms with E-state index in [2.05, 4.69) is 39.5 Å². The Balaban J connectivity index is 2.17. The average Bonchev–Trinajstić information content (AvgIpc) is 2.55. The van der Waals surface area contributed by atoms with Gasteiger partial charge in [-0.05, 0) is 39.9 Å². The first-order chi connectivity index (χ1) is 5.36. The highest BCUT2D eigenvalue weighted by molar-refractivity contribution is 9.11. The number of halogens is 1. The second-order valence-corrected chi connectivity index (χ2v) is 5.98. The third kappa shape index (κ3) is 1.71. The van der Waals surface area contributed by atoms with Gasteiger partial charge in [-0.3, -0.25) is 0 Å². The first kappa shape index (κ1) is 7.90. The number of hydrogen-bond acceptors (Lipinski definition) is 2. The van der Waals surface area contributed by atoms with E-state index in [1.54, 1.807) is 0 Å². The largest absolute Gasteiger partial charge is 0.132 e. The lowest BCUT2D eigenvalue weighted by Crippen LogP contribution is -1.80. The average molecular weight is 247 g/mol. The third-order valence-corrected chi connectivity index (χ3v) is 4.61. The van der Waals surface area contributed by atoms with Crippen LogP contribution in [0.2, 0.25) is 0 Å². The van der Waals surface area contributed by atoms with Crippen LogP contribution in [0.25, 0.3) is 0 Å². The van der Waals surface area contributed by atoms with Gasteiger partial charge in [0.05, 0.1) is 3.79 Å². The summed E-state index contributed by atoms with van der Waals surface area (Å²) < 4.78 is 1.24. The summed E-state index contributed by atoms with van der Waals surface area (Å²) in [6.07, 6.45) is 3.43. The molecule has 0 spiro atoms. The molecular formula is C8H7BrS2. The molecule has 1 aliphatic rings. The van der Waals surface area contributed by atoms with Crippen molar-refractivity contribution in [3.05, 3.63) is 32.3 Å². The van der Waals surface area contributed by atoms with Gasteiger partial charge < -0.3 is 0 Å². The van der Waals surface area contributed by atoms with Crippen LogP contribution in [0.3, 0.4) is 0 Å². The molecule has 0 radical (unpaired) electrons. The highest BCUT2D eigenvalue weighted by atomic mass is 79.9. The van der Waals surface area contributed by atoms with Gasteiger partial charge in [-0.2, -0.15) is 0 Å². The Bertz CT molecular complexity index is 269. The van der Waals surface area contributed by atoms with Crippen molar-refractivity contribution in [2.24, 2.45) is 0 Å². The van der Waals surface area contributed by atoms with E-state index in [0.717, 1.165) is 0 Å². The molecule has 0 nitrogen and oxygen atoms in total. The van der Waals surface area contributed by atoms with E-state index in [0.29, 0.717) is 5.25 Å². The number of thioether (sulfide) groups is 1. The Morgan fingerprint density at radius 1 is 1.45 bits per heavy atom. The molecule has 0 bridgehead atoms. The Kier molecular flexibility index (Phi) is 2.39. The maximum atomic E-state index is 3.47. The zero-order valence-electron chi connectivity index (χ0n) is 5.79. The number of allylic oxidation sites excluding steroid dienone is 1. The summed E-state index contributed by atoms with van der Waals surface area (Å²) >= 11 is 7.23. The van der Waals surface area contributed by atoms with Gasteiger partial charge in [0.25, 0.3) is 0 Å². The zero-order chi connectivity index (χ0) is 7.68. The minimum Gasteiger partial charge on any atom is -0.132 e. The molecule has 0 aliphatic carbocycles. The Hall–Kier alpha value is 0.270. The van der Waals surface area contributed by atoms with E-state index in [4.69, 9.17) is 0 Å². The smallest absolute Gasteiger partial charge is 0.0701 e. The molecule has 0 amide bonds. The van der Waals surface area contributed by atoms with Crippen LogP contribution in [0, 0.1) is 0 Å².